The summed E-state index contributed by atoms with van der Waals surface area (Å²) in [6, 6.07) is 5.30. The van der Waals surface area contributed by atoms with Gasteiger partial charge in [0.2, 0.25) is 0 Å². The first-order chi connectivity index (χ1) is 12.1. The lowest BCUT2D eigenvalue weighted by molar-refractivity contribution is -0.181. The first-order valence-corrected chi connectivity index (χ1v) is 8.37. The third-order valence-corrected chi connectivity index (χ3v) is 4.51. The van der Waals surface area contributed by atoms with Gasteiger partial charge in [-0.1, -0.05) is 5.16 Å². The molecule has 132 valence electrons. The number of hydrogen-bond donors (Lipinski definition) is 1. The fourth-order valence-corrected chi connectivity index (χ4v) is 3.17. The number of nitrogens with one attached hydrogen (secondary N) is 1. The highest BCUT2D eigenvalue weighted by Gasteiger charge is 2.40. The van der Waals surface area contributed by atoms with Gasteiger partial charge in [-0.05, 0) is 19.1 Å². The van der Waals surface area contributed by atoms with Gasteiger partial charge in [0, 0.05) is 32.0 Å². The molecule has 8 nitrogen and oxygen atoms in total. The van der Waals surface area contributed by atoms with Gasteiger partial charge >= 0.3 is 0 Å². The van der Waals surface area contributed by atoms with Crippen molar-refractivity contribution in [3.8, 4) is 0 Å². The molecular formula is C17H20N4O4. The highest BCUT2D eigenvalue weighted by Crippen LogP contribution is 2.31. The minimum atomic E-state index is -0.478. The number of nitrogens with zero attached hydrogens (tertiary/aromatic N) is 3. The van der Waals surface area contributed by atoms with Gasteiger partial charge in [0.25, 0.3) is 5.91 Å². The zero-order valence-corrected chi connectivity index (χ0v) is 14.0. The minimum absolute atomic E-state index is 0.0725. The number of aromatic nitrogens is 2. The number of carbonyl (C=O) groups is 1. The van der Waals surface area contributed by atoms with Crippen molar-refractivity contribution in [1.82, 2.24) is 15.0 Å². The van der Waals surface area contributed by atoms with Gasteiger partial charge < -0.3 is 24.2 Å². The van der Waals surface area contributed by atoms with Crippen LogP contribution in [0.15, 0.2) is 28.9 Å². The molecule has 1 spiro atoms. The molecule has 1 amide bonds. The van der Waals surface area contributed by atoms with Gasteiger partial charge in [-0.3, -0.25) is 4.79 Å². The Balaban J connectivity index is 1.37. The summed E-state index contributed by atoms with van der Waals surface area (Å²) in [7, 11) is 0. The van der Waals surface area contributed by atoms with Gasteiger partial charge in [0.1, 0.15) is 11.5 Å². The van der Waals surface area contributed by atoms with Gasteiger partial charge in [0.05, 0.1) is 25.1 Å². The second kappa shape index (κ2) is 6.45. The van der Waals surface area contributed by atoms with E-state index in [2.05, 4.69) is 15.5 Å². The highest BCUT2D eigenvalue weighted by molar-refractivity contribution is 5.92. The molecule has 0 bridgehead atoms. The lowest BCUT2D eigenvalue weighted by Gasteiger charge is -2.37. The molecule has 2 fully saturated rings. The Morgan fingerprint density at radius 2 is 2.00 bits per heavy atom. The lowest BCUT2D eigenvalue weighted by Crippen LogP contribution is -2.47. The van der Waals surface area contributed by atoms with Crippen LogP contribution in [0.3, 0.4) is 0 Å². The van der Waals surface area contributed by atoms with E-state index in [4.69, 9.17) is 14.0 Å². The second-order valence-corrected chi connectivity index (χ2v) is 6.28. The van der Waals surface area contributed by atoms with Crippen LogP contribution in [-0.2, 0) is 9.47 Å². The molecule has 25 heavy (non-hydrogen) atoms. The molecule has 4 rings (SSSR count). The summed E-state index contributed by atoms with van der Waals surface area (Å²) in [5, 5.41) is 6.94. The van der Waals surface area contributed by atoms with Crippen molar-refractivity contribution in [2.24, 2.45) is 0 Å². The van der Waals surface area contributed by atoms with E-state index in [1.54, 1.807) is 29.3 Å². The lowest BCUT2D eigenvalue weighted by atomic mass is 10.0. The van der Waals surface area contributed by atoms with E-state index >= 15 is 0 Å². The van der Waals surface area contributed by atoms with E-state index in [0.29, 0.717) is 50.7 Å². The first kappa shape index (κ1) is 16.0. The Labute approximate surface area is 145 Å². The van der Waals surface area contributed by atoms with Crippen molar-refractivity contribution in [2.45, 2.75) is 25.6 Å². The standard InChI is InChI=1S/C17H20N4O4/c1-12-10-15(20-25-12)19-13-2-3-14(18-11-13)16(22)21-6-4-17(5-7-21)23-8-9-24-17/h2-3,10-11H,4-9H2,1H3,(H,19,20). The van der Waals surface area contributed by atoms with Crippen molar-refractivity contribution in [2.75, 3.05) is 31.6 Å². The number of pyridine rings is 1. The zero-order valence-electron chi connectivity index (χ0n) is 14.0. The van der Waals surface area contributed by atoms with E-state index in [1.165, 1.54) is 0 Å². The fourth-order valence-electron chi connectivity index (χ4n) is 3.17. The minimum Gasteiger partial charge on any atom is -0.360 e. The fraction of sp³-hybridized carbons (Fsp3) is 0.471. The predicted molar refractivity (Wildman–Crippen MR) is 88.5 cm³/mol. The van der Waals surface area contributed by atoms with Crippen LogP contribution in [0.1, 0.15) is 29.1 Å². The quantitative estimate of drug-likeness (QED) is 0.912. The SMILES string of the molecule is Cc1cc(Nc2ccc(C(=O)N3CCC4(CC3)OCCO4)nc2)no1. The summed E-state index contributed by atoms with van der Waals surface area (Å²) in [4.78, 5) is 18.7. The maximum absolute atomic E-state index is 12.6. The number of ether oxygens (including phenoxy) is 2. The van der Waals surface area contributed by atoms with E-state index in [0.717, 1.165) is 11.4 Å². The number of rotatable bonds is 3. The Hall–Kier alpha value is -2.45. The Morgan fingerprint density at radius 1 is 1.24 bits per heavy atom. The second-order valence-electron chi connectivity index (χ2n) is 6.28. The Morgan fingerprint density at radius 3 is 2.60 bits per heavy atom. The zero-order chi connectivity index (χ0) is 17.3. The molecule has 2 aliphatic rings. The number of aryl methyl sites for hydroxylation is 1. The van der Waals surface area contributed by atoms with Crippen LogP contribution < -0.4 is 5.32 Å². The molecule has 0 saturated carbocycles. The molecular weight excluding hydrogens is 324 g/mol. The van der Waals surface area contributed by atoms with Crippen LogP contribution in [0.5, 0.6) is 0 Å². The maximum Gasteiger partial charge on any atom is 0.272 e. The van der Waals surface area contributed by atoms with Crippen LogP contribution >= 0.6 is 0 Å². The number of carbonyl (C=O) groups excluding carboxylic acids is 1. The predicted octanol–water partition coefficient (Wildman–Crippen LogP) is 2.10. The number of amides is 1. The third-order valence-electron chi connectivity index (χ3n) is 4.51. The molecule has 2 aromatic rings. The maximum atomic E-state index is 12.6. The summed E-state index contributed by atoms with van der Waals surface area (Å²) in [6.45, 7) is 4.31. The number of hydrogen-bond acceptors (Lipinski definition) is 7. The monoisotopic (exact) mass is 344 g/mol. The largest absolute Gasteiger partial charge is 0.360 e. The number of anilines is 2. The van der Waals surface area contributed by atoms with Gasteiger partial charge in [-0.25, -0.2) is 4.98 Å². The van der Waals surface area contributed by atoms with Gasteiger partial charge in [0.15, 0.2) is 11.6 Å². The summed E-state index contributed by atoms with van der Waals surface area (Å²) < 4.78 is 16.4. The van der Waals surface area contributed by atoms with Crippen molar-refractivity contribution in [1.29, 1.82) is 0 Å². The summed E-state index contributed by atoms with van der Waals surface area (Å²) in [6.07, 6.45) is 3.01. The first-order valence-electron chi connectivity index (χ1n) is 8.37. The smallest absolute Gasteiger partial charge is 0.272 e. The average Bonchev–Trinajstić information content (AvgIpc) is 3.25. The molecule has 0 aromatic carbocycles. The molecule has 4 heterocycles. The molecule has 1 N–H and O–H groups in total. The van der Waals surface area contributed by atoms with Crippen molar-refractivity contribution < 1.29 is 18.8 Å². The van der Waals surface area contributed by atoms with Gasteiger partial charge in [-0.2, -0.15) is 0 Å². The van der Waals surface area contributed by atoms with Crippen LogP contribution in [0.4, 0.5) is 11.5 Å². The van der Waals surface area contributed by atoms with E-state index in [1.807, 2.05) is 6.92 Å². The van der Waals surface area contributed by atoms with Crippen molar-refractivity contribution in [3.63, 3.8) is 0 Å². The molecule has 0 atom stereocenters. The van der Waals surface area contributed by atoms with E-state index < -0.39 is 5.79 Å². The molecule has 2 aromatic heterocycles. The van der Waals surface area contributed by atoms with Crippen LogP contribution in [0, 0.1) is 6.92 Å². The van der Waals surface area contributed by atoms with E-state index in [9.17, 15) is 4.79 Å². The normalized spacial score (nSPS) is 19.3. The number of likely N-dealkylation sites (tertiary alicyclic amines) is 1. The summed E-state index contributed by atoms with van der Waals surface area (Å²) in [5.74, 6) is 0.779. The molecule has 2 aliphatic heterocycles. The molecule has 8 heteroatoms. The van der Waals surface area contributed by atoms with Crippen LogP contribution in [-0.4, -0.2) is 53.0 Å². The Kier molecular flexibility index (Phi) is 4.14. The van der Waals surface area contributed by atoms with Crippen LogP contribution in [0.25, 0.3) is 0 Å². The molecule has 2 saturated heterocycles. The molecule has 0 unspecified atom stereocenters. The third kappa shape index (κ3) is 3.35. The van der Waals surface area contributed by atoms with E-state index in [-0.39, 0.29) is 5.91 Å². The topological polar surface area (TPSA) is 89.7 Å². The van der Waals surface area contributed by atoms with Crippen LogP contribution in [0.2, 0.25) is 0 Å². The summed E-state index contributed by atoms with van der Waals surface area (Å²) in [5.41, 5.74) is 1.17. The Bertz CT molecular complexity index is 742. The molecule has 0 radical (unpaired) electrons. The summed E-state index contributed by atoms with van der Waals surface area (Å²) >= 11 is 0. The average molecular weight is 344 g/mol. The van der Waals surface area contributed by atoms with Crippen molar-refractivity contribution >= 4 is 17.4 Å². The number of piperidine rings is 1. The molecule has 0 aliphatic carbocycles. The van der Waals surface area contributed by atoms with Gasteiger partial charge in [-0.15, -0.1) is 0 Å². The van der Waals surface area contributed by atoms with Crippen molar-refractivity contribution in [3.05, 3.63) is 35.9 Å². The highest BCUT2D eigenvalue weighted by atomic mass is 16.7.